The van der Waals surface area contributed by atoms with Crippen molar-refractivity contribution in [2.24, 2.45) is 0 Å². The van der Waals surface area contributed by atoms with Gasteiger partial charge >= 0.3 is 5.97 Å². The van der Waals surface area contributed by atoms with Gasteiger partial charge in [0.15, 0.2) is 0 Å². The monoisotopic (exact) mass is 261 g/mol. The molecule has 6 heteroatoms. The number of rotatable bonds is 5. The molecule has 0 saturated carbocycles. The highest BCUT2D eigenvalue weighted by atomic mass is 16.5. The summed E-state index contributed by atoms with van der Waals surface area (Å²) < 4.78 is 5.23. The maximum Gasteiger partial charge on any atom is 0.305 e. The summed E-state index contributed by atoms with van der Waals surface area (Å²) in [6, 6.07) is 7.22. The second-order valence-electron chi connectivity index (χ2n) is 4.57. The standard InChI is InChI=1S/C13H15N3O3/c1-19-10-4-2-3-9(6-14)12(10)16-13(5-11(17)18)7-15-8-13/h2-4,15-16H,5,7-8H2,1H3,(H,17,18). The Kier molecular flexibility index (Phi) is 3.58. The molecule has 2 rings (SSSR count). The van der Waals surface area contributed by atoms with E-state index >= 15 is 0 Å². The van der Waals surface area contributed by atoms with Gasteiger partial charge in [-0.15, -0.1) is 0 Å². The molecule has 1 aromatic carbocycles. The van der Waals surface area contributed by atoms with Gasteiger partial charge in [0, 0.05) is 13.1 Å². The van der Waals surface area contributed by atoms with E-state index in [1.54, 1.807) is 18.2 Å². The number of methoxy groups -OCH3 is 1. The van der Waals surface area contributed by atoms with Gasteiger partial charge in [0.2, 0.25) is 0 Å². The molecule has 19 heavy (non-hydrogen) atoms. The summed E-state index contributed by atoms with van der Waals surface area (Å²) in [5.74, 6) is -0.335. The molecular weight excluding hydrogens is 246 g/mol. The summed E-state index contributed by atoms with van der Waals surface area (Å²) in [7, 11) is 1.52. The summed E-state index contributed by atoms with van der Waals surface area (Å²) >= 11 is 0. The number of nitrogens with zero attached hydrogens (tertiary/aromatic N) is 1. The van der Waals surface area contributed by atoms with Gasteiger partial charge in [-0.2, -0.15) is 5.26 Å². The van der Waals surface area contributed by atoms with Crippen LogP contribution in [0.2, 0.25) is 0 Å². The summed E-state index contributed by atoms with van der Waals surface area (Å²) in [6.45, 7) is 1.09. The summed E-state index contributed by atoms with van der Waals surface area (Å²) in [5.41, 5.74) is 0.428. The lowest BCUT2D eigenvalue weighted by atomic mass is 9.87. The van der Waals surface area contributed by atoms with Crippen LogP contribution in [0.5, 0.6) is 5.75 Å². The number of hydrogen-bond acceptors (Lipinski definition) is 5. The zero-order valence-corrected chi connectivity index (χ0v) is 10.6. The van der Waals surface area contributed by atoms with Crippen LogP contribution in [0.4, 0.5) is 5.69 Å². The molecule has 1 aliphatic rings. The zero-order chi connectivity index (χ0) is 13.9. The Labute approximate surface area is 111 Å². The molecule has 100 valence electrons. The molecule has 1 saturated heterocycles. The third-order valence-electron chi connectivity index (χ3n) is 3.17. The van der Waals surface area contributed by atoms with Crippen molar-refractivity contribution in [3.63, 3.8) is 0 Å². The highest BCUT2D eigenvalue weighted by Gasteiger charge is 2.40. The third kappa shape index (κ3) is 2.61. The number of carboxylic acids is 1. The van der Waals surface area contributed by atoms with Gasteiger partial charge in [-0.3, -0.25) is 4.79 Å². The molecule has 6 nitrogen and oxygen atoms in total. The summed E-state index contributed by atoms with van der Waals surface area (Å²) in [4.78, 5) is 10.9. The predicted molar refractivity (Wildman–Crippen MR) is 69.2 cm³/mol. The molecule has 0 spiro atoms. The van der Waals surface area contributed by atoms with E-state index < -0.39 is 11.5 Å². The highest BCUT2D eigenvalue weighted by Crippen LogP contribution is 2.33. The van der Waals surface area contributed by atoms with Crippen molar-refractivity contribution in [2.75, 3.05) is 25.5 Å². The fourth-order valence-corrected chi connectivity index (χ4v) is 2.16. The number of benzene rings is 1. The van der Waals surface area contributed by atoms with Crippen molar-refractivity contribution < 1.29 is 14.6 Å². The Morgan fingerprint density at radius 3 is 2.84 bits per heavy atom. The Bertz CT molecular complexity index is 532. The van der Waals surface area contributed by atoms with Gasteiger partial charge in [-0.1, -0.05) is 6.07 Å². The van der Waals surface area contributed by atoms with Gasteiger partial charge in [-0.05, 0) is 12.1 Å². The topological polar surface area (TPSA) is 94.4 Å². The van der Waals surface area contributed by atoms with Crippen LogP contribution in [0.3, 0.4) is 0 Å². The van der Waals surface area contributed by atoms with Crippen molar-refractivity contribution >= 4 is 11.7 Å². The minimum absolute atomic E-state index is 0.0110. The molecule has 1 fully saturated rings. The van der Waals surface area contributed by atoms with Crippen molar-refractivity contribution in [1.82, 2.24) is 5.32 Å². The number of anilines is 1. The van der Waals surface area contributed by atoms with Crippen LogP contribution in [-0.4, -0.2) is 36.8 Å². The number of hydrogen-bond donors (Lipinski definition) is 3. The van der Waals surface area contributed by atoms with E-state index in [-0.39, 0.29) is 6.42 Å². The molecule has 1 heterocycles. The second-order valence-corrected chi connectivity index (χ2v) is 4.57. The van der Waals surface area contributed by atoms with Crippen LogP contribution in [0, 0.1) is 11.3 Å². The molecule has 0 bridgehead atoms. The number of nitrogens with one attached hydrogen (secondary N) is 2. The van der Waals surface area contributed by atoms with Gasteiger partial charge < -0.3 is 20.5 Å². The molecule has 1 aromatic rings. The van der Waals surface area contributed by atoms with E-state index in [4.69, 9.17) is 15.1 Å². The quantitative estimate of drug-likeness (QED) is 0.725. The van der Waals surface area contributed by atoms with E-state index in [0.29, 0.717) is 30.1 Å². The van der Waals surface area contributed by atoms with Gasteiger partial charge in [0.25, 0.3) is 0 Å². The first-order chi connectivity index (χ1) is 9.10. The lowest BCUT2D eigenvalue weighted by molar-refractivity contribution is -0.138. The van der Waals surface area contributed by atoms with E-state index in [1.807, 2.05) is 0 Å². The van der Waals surface area contributed by atoms with E-state index in [9.17, 15) is 4.79 Å². The van der Waals surface area contributed by atoms with Gasteiger partial charge in [0.1, 0.15) is 11.8 Å². The van der Waals surface area contributed by atoms with E-state index in [2.05, 4.69) is 16.7 Å². The largest absolute Gasteiger partial charge is 0.495 e. The molecule has 0 atom stereocenters. The maximum atomic E-state index is 10.9. The summed E-state index contributed by atoms with van der Waals surface area (Å²) in [6.07, 6.45) is -0.0110. The number of para-hydroxylation sites is 1. The van der Waals surface area contributed by atoms with Crippen LogP contribution in [0.15, 0.2) is 18.2 Å². The lowest BCUT2D eigenvalue weighted by Gasteiger charge is -2.43. The molecule has 0 radical (unpaired) electrons. The van der Waals surface area contributed by atoms with Crippen molar-refractivity contribution in [2.45, 2.75) is 12.0 Å². The number of ether oxygens (including phenoxy) is 1. The van der Waals surface area contributed by atoms with Crippen LogP contribution in [0.1, 0.15) is 12.0 Å². The van der Waals surface area contributed by atoms with Crippen molar-refractivity contribution in [3.8, 4) is 11.8 Å². The molecule has 0 aromatic heterocycles. The minimum atomic E-state index is -0.873. The number of aliphatic carboxylic acids is 1. The van der Waals surface area contributed by atoms with E-state index in [0.717, 1.165) is 0 Å². The first kappa shape index (κ1) is 13.2. The first-order valence-electron chi connectivity index (χ1n) is 5.88. The van der Waals surface area contributed by atoms with Crippen LogP contribution in [0.25, 0.3) is 0 Å². The molecule has 0 unspecified atom stereocenters. The second kappa shape index (κ2) is 5.16. The molecule has 0 aliphatic carbocycles. The normalized spacial score (nSPS) is 16.0. The Morgan fingerprint density at radius 1 is 1.63 bits per heavy atom. The number of carboxylic acid groups (broad SMARTS) is 1. The Hall–Kier alpha value is -2.26. The number of carbonyl (C=O) groups is 1. The van der Waals surface area contributed by atoms with E-state index in [1.165, 1.54) is 7.11 Å². The maximum absolute atomic E-state index is 10.9. The lowest BCUT2D eigenvalue weighted by Crippen LogP contribution is -2.65. The average Bonchev–Trinajstić information content (AvgIpc) is 2.35. The summed E-state index contributed by atoms with van der Waals surface area (Å²) in [5, 5.41) is 24.3. The fourth-order valence-electron chi connectivity index (χ4n) is 2.16. The van der Waals surface area contributed by atoms with Crippen LogP contribution >= 0.6 is 0 Å². The molecule has 1 aliphatic heterocycles. The fraction of sp³-hybridized carbons (Fsp3) is 0.385. The smallest absolute Gasteiger partial charge is 0.305 e. The minimum Gasteiger partial charge on any atom is -0.495 e. The van der Waals surface area contributed by atoms with Gasteiger partial charge in [-0.25, -0.2) is 0 Å². The van der Waals surface area contributed by atoms with Crippen LogP contribution in [-0.2, 0) is 4.79 Å². The Morgan fingerprint density at radius 2 is 2.37 bits per heavy atom. The predicted octanol–water partition coefficient (Wildman–Crippen LogP) is 0.795. The van der Waals surface area contributed by atoms with Crippen molar-refractivity contribution in [3.05, 3.63) is 23.8 Å². The van der Waals surface area contributed by atoms with Gasteiger partial charge in [0.05, 0.1) is 30.3 Å². The Balaban J connectivity index is 2.32. The molecule has 3 N–H and O–H groups in total. The zero-order valence-electron chi connectivity index (χ0n) is 10.6. The van der Waals surface area contributed by atoms with Crippen LogP contribution < -0.4 is 15.4 Å². The molecular formula is C13H15N3O3. The average molecular weight is 261 g/mol. The third-order valence-corrected chi connectivity index (χ3v) is 3.17. The molecule has 0 amide bonds. The SMILES string of the molecule is COc1cccc(C#N)c1NC1(CC(=O)O)CNC1. The first-order valence-corrected chi connectivity index (χ1v) is 5.88. The highest BCUT2D eigenvalue weighted by molar-refractivity contribution is 5.73. The van der Waals surface area contributed by atoms with Crippen molar-refractivity contribution in [1.29, 1.82) is 5.26 Å². The number of nitriles is 1.